The number of hydrogen-bond acceptors (Lipinski definition) is 5. The predicted octanol–water partition coefficient (Wildman–Crippen LogP) is 0.525. The lowest BCUT2D eigenvalue weighted by atomic mass is 10.1. The zero-order chi connectivity index (χ0) is 12.7. The molecule has 0 heterocycles. The lowest BCUT2D eigenvalue weighted by molar-refractivity contribution is -0.484. The van der Waals surface area contributed by atoms with Gasteiger partial charge in [-0.25, -0.2) is 0 Å². The maximum Gasteiger partial charge on any atom is 0.223 e. The first-order valence-corrected chi connectivity index (χ1v) is 5.54. The highest BCUT2D eigenvalue weighted by Crippen LogP contribution is 2.15. The number of benzene rings is 1. The van der Waals surface area contributed by atoms with Crippen molar-refractivity contribution in [3.05, 3.63) is 39.9 Å². The van der Waals surface area contributed by atoms with Crippen molar-refractivity contribution in [2.45, 2.75) is 12.5 Å². The van der Waals surface area contributed by atoms with Crippen molar-refractivity contribution < 1.29 is 4.92 Å². The second-order valence-corrected chi connectivity index (χ2v) is 3.83. The third-order valence-corrected chi connectivity index (χ3v) is 2.44. The number of rotatable bonds is 7. The summed E-state index contributed by atoms with van der Waals surface area (Å²) in [4.78, 5) is 10.3. The highest BCUT2D eigenvalue weighted by Gasteiger charge is 2.16. The molecule has 1 unspecified atom stereocenters. The maximum absolute atomic E-state index is 10.6. The molecule has 1 rings (SSSR count). The first-order valence-electron chi connectivity index (χ1n) is 5.54. The van der Waals surface area contributed by atoms with Gasteiger partial charge in [0.25, 0.3) is 0 Å². The van der Waals surface area contributed by atoms with Crippen LogP contribution in [0.5, 0.6) is 0 Å². The van der Waals surface area contributed by atoms with Crippen LogP contribution in [0, 0.1) is 10.1 Å². The van der Waals surface area contributed by atoms with Crippen LogP contribution in [0.4, 0.5) is 5.69 Å². The van der Waals surface area contributed by atoms with E-state index in [9.17, 15) is 10.1 Å². The molecule has 6 heteroatoms. The SMILES string of the molecule is NCCCNC(C[N+](=O)[O-])c1ccc(N)cc1. The van der Waals surface area contributed by atoms with Gasteiger partial charge in [-0.1, -0.05) is 12.1 Å². The fraction of sp³-hybridized carbons (Fsp3) is 0.455. The van der Waals surface area contributed by atoms with Crippen LogP contribution in [0.25, 0.3) is 0 Å². The molecule has 0 spiro atoms. The van der Waals surface area contributed by atoms with Gasteiger partial charge in [0.15, 0.2) is 0 Å². The predicted molar refractivity (Wildman–Crippen MR) is 67.1 cm³/mol. The van der Waals surface area contributed by atoms with Gasteiger partial charge in [-0.05, 0) is 37.2 Å². The van der Waals surface area contributed by atoms with E-state index in [-0.39, 0.29) is 17.5 Å². The van der Waals surface area contributed by atoms with Crippen molar-refractivity contribution in [1.82, 2.24) is 5.32 Å². The Morgan fingerprint density at radius 3 is 2.53 bits per heavy atom. The molecule has 1 aromatic carbocycles. The topological polar surface area (TPSA) is 107 Å². The average Bonchev–Trinajstić information content (AvgIpc) is 2.28. The number of nitrogens with one attached hydrogen (secondary N) is 1. The summed E-state index contributed by atoms with van der Waals surface area (Å²) in [6, 6.07) is 6.80. The third-order valence-electron chi connectivity index (χ3n) is 2.44. The quantitative estimate of drug-likeness (QED) is 0.278. The fourth-order valence-electron chi connectivity index (χ4n) is 1.54. The van der Waals surface area contributed by atoms with Gasteiger partial charge in [-0.2, -0.15) is 0 Å². The Balaban J connectivity index is 2.67. The van der Waals surface area contributed by atoms with Crippen molar-refractivity contribution in [1.29, 1.82) is 0 Å². The number of nitrogens with two attached hydrogens (primary N) is 2. The number of nitrogens with zero attached hydrogens (tertiary/aromatic N) is 1. The van der Waals surface area contributed by atoms with Gasteiger partial charge in [0, 0.05) is 10.6 Å². The molecule has 0 fully saturated rings. The summed E-state index contributed by atoms with van der Waals surface area (Å²) in [6.45, 7) is 1.09. The van der Waals surface area contributed by atoms with E-state index in [1.807, 2.05) is 0 Å². The Morgan fingerprint density at radius 2 is 2.00 bits per heavy atom. The monoisotopic (exact) mass is 238 g/mol. The lowest BCUT2D eigenvalue weighted by Crippen LogP contribution is -2.29. The number of hydrogen-bond donors (Lipinski definition) is 3. The summed E-state index contributed by atoms with van der Waals surface area (Å²) in [5.41, 5.74) is 12.5. The van der Waals surface area contributed by atoms with Crippen LogP contribution < -0.4 is 16.8 Å². The van der Waals surface area contributed by atoms with Crippen LogP contribution in [0.3, 0.4) is 0 Å². The third kappa shape index (κ3) is 4.80. The minimum Gasteiger partial charge on any atom is -0.399 e. The van der Waals surface area contributed by atoms with Crippen LogP contribution in [0.2, 0.25) is 0 Å². The van der Waals surface area contributed by atoms with E-state index in [2.05, 4.69) is 5.32 Å². The van der Waals surface area contributed by atoms with Gasteiger partial charge in [0.05, 0.1) is 6.04 Å². The molecular formula is C11H18N4O2. The minimum atomic E-state index is -0.323. The molecule has 1 atom stereocenters. The summed E-state index contributed by atoms with van der Waals surface area (Å²) in [5.74, 6) is 0. The van der Waals surface area contributed by atoms with E-state index in [1.165, 1.54) is 0 Å². The molecule has 0 aliphatic carbocycles. The second kappa shape index (κ2) is 6.82. The van der Waals surface area contributed by atoms with Crippen LogP contribution in [-0.4, -0.2) is 24.6 Å². The molecule has 0 radical (unpaired) electrons. The minimum absolute atomic E-state index is 0.144. The second-order valence-electron chi connectivity index (χ2n) is 3.83. The summed E-state index contributed by atoms with van der Waals surface area (Å²) in [6.07, 6.45) is 0.795. The zero-order valence-corrected chi connectivity index (χ0v) is 9.63. The van der Waals surface area contributed by atoms with Crippen molar-refractivity contribution in [2.75, 3.05) is 25.4 Å². The van der Waals surface area contributed by atoms with Crippen molar-refractivity contribution in [2.24, 2.45) is 5.73 Å². The van der Waals surface area contributed by atoms with Crippen molar-refractivity contribution >= 4 is 5.69 Å². The van der Waals surface area contributed by atoms with Gasteiger partial charge >= 0.3 is 0 Å². The number of anilines is 1. The van der Waals surface area contributed by atoms with Gasteiger partial charge < -0.3 is 16.8 Å². The van der Waals surface area contributed by atoms with Crippen LogP contribution >= 0.6 is 0 Å². The smallest absolute Gasteiger partial charge is 0.223 e. The summed E-state index contributed by atoms with van der Waals surface area (Å²) in [7, 11) is 0. The van der Waals surface area contributed by atoms with Crippen LogP contribution in [0.15, 0.2) is 24.3 Å². The zero-order valence-electron chi connectivity index (χ0n) is 9.63. The molecule has 0 aliphatic rings. The molecule has 0 saturated carbocycles. The Labute approximate surface area is 100 Å². The molecule has 0 aromatic heterocycles. The molecule has 0 bridgehead atoms. The molecule has 0 amide bonds. The Morgan fingerprint density at radius 1 is 1.35 bits per heavy atom. The summed E-state index contributed by atoms with van der Waals surface area (Å²) >= 11 is 0. The van der Waals surface area contributed by atoms with Crippen LogP contribution in [-0.2, 0) is 0 Å². The highest BCUT2D eigenvalue weighted by atomic mass is 16.6. The number of nitrogen functional groups attached to an aromatic ring is 1. The van der Waals surface area contributed by atoms with Crippen molar-refractivity contribution in [3.8, 4) is 0 Å². The van der Waals surface area contributed by atoms with E-state index in [0.717, 1.165) is 12.0 Å². The average molecular weight is 238 g/mol. The Bertz CT molecular complexity index is 353. The first kappa shape index (κ1) is 13.4. The van der Waals surface area contributed by atoms with E-state index < -0.39 is 0 Å². The van der Waals surface area contributed by atoms with Gasteiger partial charge in [-0.15, -0.1) is 0 Å². The maximum atomic E-state index is 10.6. The molecule has 5 N–H and O–H groups in total. The normalized spacial score (nSPS) is 12.3. The van der Waals surface area contributed by atoms with E-state index in [4.69, 9.17) is 11.5 Å². The Kier molecular flexibility index (Phi) is 5.38. The molecule has 1 aromatic rings. The van der Waals surface area contributed by atoms with E-state index in [0.29, 0.717) is 18.8 Å². The molecule has 94 valence electrons. The summed E-state index contributed by atoms with van der Waals surface area (Å²) < 4.78 is 0. The van der Waals surface area contributed by atoms with E-state index in [1.54, 1.807) is 24.3 Å². The Hall–Kier alpha value is -1.66. The van der Waals surface area contributed by atoms with Crippen molar-refractivity contribution in [3.63, 3.8) is 0 Å². The van der Waals surface area contributed by atoms with E-state index >= 15 is 0 Å². The molecule has 17 heavy (non-hydrogen) atoms. The molecule has 6 nitrogen and oxygen atoms in total. The van der Waals surface area contributed by atoms with Crippen LogP contribution in [0.1, 0.15) is 18.0 Å². The molecule has 0 saturated heterocycles. The highest BCUT2D eigenvalue weighted by molar-refractivity contribution is 5.40. The first-order chi connectivity index (χ1) is 8.13. The number of nitro groups is 1. The van der Waals surface area contributed by atoms with Gasteiger partial charge in [0.1, 0.15) is 0 Å². The molecule has 0 aliphatic heterocycles. The van der Waals surface area contributed by atoms with Gasteiger partial charge in [-0.3, -0.25) is 10.1 Å². The largest absolute Gasteiger partial charge is 0.399 e. The van der Waals surface area contributed by atoms with Gasteiger partial charge in [0.2, 0.25) is 6.54 Å². The summed E-state index contributed by atoms with van der Waals surface area (Å²) in [5, 5.41) is 13.7. The standard InChI is InChI=1S/C11H18N4O2/c12-6-1-7-14-11(8-15(16)17)9-2-4-10(13)5-3-9/h2-5,11,14H,1,6-8,12-13H2. The molecular weight excluding hydrogens is 220 g/mol. The lowest BCUT2D eigenvalue weighted by Gasteiger charge is -2.15. The fourth-order valence-corrected chi connectivity index (χ4v) is 1.54.